The van der Waals surface area contributed by atoms with Gasteiger partial charge in [-0.1, -0.05) is 20.8 Å². The summed E-state index contributed by atoms with van der Waals surface area (Å²) in [5.41, 5.74) is 6.72. The smallest absolute Gasteiger partial charge is 0.162 e. The summed E-state index contributed by atoms with van der Waals surface area (Å²) in [7, 11) is 1.62. The van der Waals surface area contributed by atoms with Crippen molar-refractivity contribution >= 4 is 5.69 Å². The Morgan fingerprint density at radius 2 is 1.88 bits per heavy atom. The van der Waals surface area contributed by atoms with Gasteiger partial charge in [0.1, 0.15) is 0 Å². The van der Waals surface area contributed by atoms with Gasteiger partial charge in [-0.2, -0.15) is 0 Å². The summed E-state index contributed by atoms with van der Waals surface area (Å²) >= 11 is 0. The Kier molecular flexibility index (Phi) is 4.67. The lowest BCUT2D eigenvalue weighted by molar-refractivity contribution is 0.258. The van der Waals surface area contributed by atoms with Crippen molar-refractivity contribution in [3.63, 3.8) is 0 Å². The summed E-state index contributed by atoms with van der Waals surface area (Å²) in [6.07, 6.45) is 2.18. The van der Waals surface area contributed by atoms with Crippen molar-refractivity contribution in [1.29, 1.82) is 0 Å². The van der Waals surface area contributed by atoms with Gasteiger partial charge in [-0.15, -0.1) is 0 Å². The van der Waals surface area contributed by atoms with Gasteiger partial charge in [0.15, 0.2) is 11.5 Å². The van der Waals surface area contributed by atoms with E-state index in [2.05, 4.69) is 20.8 Å². The first-order chi connectivity index (χ1) is 7.92. The molecule has 0 fully saturated rings. The molecule has 3 nitrogen and oxygen atoms in total. The van der Waals surface area contributed by atoms with Crippen molar-refractivity contribution in [3.05, 3.63) is 18.2 Å². The highest BCUT2D eigenvalue weighted by molar-refractivity contribution is 5.51. The van der Waals surface area contributed by atoms with E-state index in [4.69, 9.17) is 15.2 Å². The molecule has 3 heteroatoms. The Morgan fingerprint density at radius 1 is 1.18 bits per heavy atom. The van der Waals surface area contributed by atoms with Crippen LogP contribution in [0.5, 0.6) is 11.5 Å². The molecule has 96 valence electrons. The number of benzene rings is 1. The van der Waals surface area contributed by atoms with Crippen molar-refractivity contribution in [2.24, 2.45) is 5.41 Å². The zero-order chi connectivity index (χ0) is 12.9. The van der Waals surface area contributed by atoms with Gasteiger partial charge in [-0.25, -0.2) is 0 Å². The van der Waals surface area contributed by atoms with Crippen LogP contribution in [0.2, 0.25) is 0 Å². The Bertz CT molecular complexity index is 356. The molecule has 0 amide bonds. The lowest BCUT2D eigenvalue weighted by atomic mass is 9.91. The van der Waals surface area contributed by atoms with Crippen LogP contribution in [0.4, 0.5) is 5.69 Å². The van der Waals surface area contributed by atoms with E-state index in [1.807, 2.05) is 12.1 Å². The van der Waals surface area contributed by atoms with E-state index in [0.29, 0.717) is 23.5 Å². The molecule has 0 aliphatic rings. The van der Waals surface area contributed by atoms with Crippen LogP contribution < -0.4 is 15.2 Å². The lowest BCUT2D eigenvalue weighted by Crippen LogP contribution is -2.08. The van der Waals surface area contributed by atoms with E-state index in [1.54, 1.807) is 13.2 Å². The second-order valence-electron chi connectivity index (χ2n) is 5.42. The fourth-order valence-electron chi connectivity index (χ4n) is 1.59. The second-order valence-corrected chi connectivity index (χ2v) is 5.42. The summed E-state index contributed by atoms with van der Waals surface area (Å²) in [6, 6.07) is 5.45. The maximum atomic E-state index is 5.70. The molecule has 0 aromatic heterocycles. The SMILES string of the molecule is COc1cc(N)ccc1OCCCC(C)(C)C. The molecule has 1 aromatic carbocycles. The minimum Gasteiger partial charge on any atom is -0.493 e. The summed E-state index contributed by atoms with van der Waals surface area (Å²) in [6.45, 7) is 7.40. The van der Waals surface area contributed by atoms with Crippen LogP contribution in [0.3, 0.4) is 0 Å². The topological polar surface area (TPSA) is 44.5 Å². The highest BCUT2D eigenvalue weighted by atomic mass is 16.5. The van der Waals surface area contributed by atoms with Gasteiger partial charge in [-0.3, -0.25) is 0 Å². The summed E-state index contributed by atoms with van der Waals surface area (Å²) in [4.78, 5) is 0. The summed E-state index contributed by atoms with van der Waals surface area (Å²) < 4.78 is 10.9. The number of methoxy groups -OCH3 is 1. The first kappa shape index (κ1) is 13.7. The summed E-state index contributed by atoms with van der Waals surface area (Å²) in [5, 5.41) is 0. The minimum absolute atomic E-state index is 0.356. The van der Waals surface area contributed by atoms with Crippen LogP contribution in [-0.4, -0.2) is 13.7 Å². The van der Waals surface area contributed by atoms with Gasteiger partial charge >= 0.3 is 0 Å². The molecule has 0 spiro atoms. The molecule has 1 rings (SSSR count). The average molecular weight is 237 g/mol. The van der Waals surface area contributed by atoms with Crippen molar-refractivity contribution in [2.75, 3.05) is 19.5 Å². The molecule has 0 saturated heterocycles. The van der Waals surface area contributed by atoms with Crippen LogP contribution >= 0.6 is 0 Å². The highest BCUT2D eigenvalue weighted by Crippen LogP contribution is 2.29. The summed E-state index contributed by atoms with van der Waals surface area (Å²) in [5.74, 6) is 1.45. The van der Waals surface area contributed by atoms with Crippen molar-refractivity contribution < 1.29 is 9.47 Å². The van der Waals surface area contributed by atoms with Crippen LogP contribution in [0.1, 0.15) is 33.6 Å². The van der Waals surface area contributed by atoms with E-state index >= 15 is 0 Å². The molecule has 0 aliphatic heterocycles. The van der Waals surface area contributed by atoms with Gasteiger partial charge in [0, 0.05) is 11.8 Å². The zero-order valence-electron chi connectivity index (χ0n) is 11.2. The third kappa shape index (κ3) is 4.98. The minimum atomic E-state index is 0.356. The van der Waals surface area contributed by atoms with Gasteiger partial charge in [-0.05, 0) is 30.4 Å². The number of nitrogens with two attached hydrogens (primary N) is 1. The molecule has 0 bridgehead atoms. The second kappa shape index (κ2) is 5.80. The van der Waals surface area contributed by atoms with Crippen molar-refractivity contribution in [3.8, 4) is 11.5 Å². The van der Waals surface area contributed by atoms with Gasteiger partial charge < -0.3 is 15.2 Å². The fourth-order valence-corrected chi connectivity index (χ4v) is 1.59. The standard InChI is InChI=1S/C14H23NO2/c1-14(2,3)8-5-9-17-12-7-6-11(15)10-13(12)16-4/h6-7,10H,5,8-9,15H2,1-4H3. The molecule has 2 N–H and O–H groups in total. The largest absolute Gasteiger partial charge is 0.493 e. The van der Waals surface area contributed by atoms with Crippen LogP contribution in [0.25, 0.3) is 0 Å². The third-order valence-corrected chi connectivity index (χ3v) is 2.52. The number of hydrogen-bond donors (Lipinski definition) is 1. The van der Waals surface area contributed by atoms with Gasteiger partial charge in [0.2, 0.25) is 0 Å². The van der Waals surface area contributed by atoms with E-state index in [9.17, 15) is 0 Å². The molecule has 0 heterocycles. The number of nitrogen functional groups attached to an aromatic ring is 1. The predicted molar refractivity (Wildman–Crippen MR) is 71.6 cm³/mol. The van der Waals surface area contributed by atoms with Crippen molar-refractivity contribution in [2.45, 2.75) is 33.6 Å². The monoisotopic (exact) mass is 237 g/mol. The first-order valence-corrected chi connectivity index (χ1v) is 5.99. The molecular formula is C14H23NO2. The Labute approximate surface area is 104 Å². The van der Waals surface area contributed by atoms with Crippen LogP contribution in [0, 0.1) is 5.41 Å². The van der Waals surface area contributed by atoms with E-state index < -0.39 is 0 Å². The quantitative estimate of drug-likeness (QED) is 0.630. The van der Waals surface area contributed by atoms with E-state index in [1.165, 1.54) is 0 Å². The molecule has 0 saturated carbocycles. The van der Waals surface area contributed by atoms with Crippen LogP contribution in [-0.2, 0) is 0 Å². The van der Waals surface area contributed by atoms with E-state index in [-0.39, 0.29) is 0 Å². The normalized spacial score (nSPS) is 11.3. The third-order valence-electron chi connectivity index (χ3n) is 2.52. The predicted octanol–water partition coefficient (Wildman–Crippen LogP) is 3.48. The molecule has 1 aromatic rings. The average Bonchev–Trinajstić information content (AvgIpc) is 2.24. The van der Waals surface area contributed by atoms with Gasteiger partial charge in [0.25, 0.3) is 0 Å². The lowest BCUT2D eigenvalue weighted by Gasteiger charge is -2.18. The van der Waals surface area contributed by atoms with Gasteiger partial charge in [0.05, 0.1) is 13.7 Å². The van der Waals surface area contributed by atoms with Crippen molar-refractivity contribution in [1.82, 2.24) is 0 Å². The maximum Gasteiger partial charge on any atom is 0.162 e. The Morgan fingerprint density at radius 3 is 2.47 bits per heavy atom. The van der Waals surface area contributed by atoms with E-state index in [0.717, 1.165) is 18.6 Å². The first-order valence-electron chi connectivity index (χ1n) is 5.99. The Hall–Kier alpha value is -1.38. The zero-order valence-corrected chi connectivity index (χ0v) is 11.2. The molecule has 0 radical (unpaired) electrons. The molecular weight excluding hydrogens is 214 g/mol. The molecule has 0 aliphatic carbocycles. The molecule has 0 atom stereocenters. The number of anilines is 1. The number of hydrogen-bond acceptors (Lipinski definition) is 3. The Balaban J connectivity index is 2.46. The molecule has 17 heavy (non-hydrogen) atoms. The highest BCUT2D eigenvalue weighted by Gasteiger charge is 2.10. The number of ether oxygens (including phenoxy) is 2. The van der Waals surface area contributed by atoms with Crippen LogP contribution in [0.15, 0.2) is 18.2 Å². The number of rotatable bonds is 5. The maximum absolute atomic E-state index is 5.70. The fraction of sp³-hybridized carbons (Fsp3) is 0.571. The molecule has 0 unspecified atom stereocenters.